The van der Waals surface area contributed by atoms with E-state index < -0.39 is 24.4 Å². The molecule has 5 atom stereocenters. The van der Waals surface area contributed by atoms with Crippen LogP contribution in [0.3, 0.4) is 0 Å². The van der Waals surface area contributed by atoms with Gasteiger partial charge < -0.3 is 19.3 Å². The van der Waals surface area contributed by atoms with Crippen LogP contribution in [-0.2, 0) is 27.4 Å². The maximum atomic E-state index is 10.7. The van der Waals surface area contributed by atoms with Crippen molar-refractivity contribution in [3.8, 4) is 0 Å². The SMILES string of the molecule is CC1OC(COCc2ccccc2)C(O)C(N=[N+]=[N-])C1OCc1ccccc1. The first-order valence-electron chi connectivity index (χ1n) is 9.34. The summed E-state index contributed by atoms with van der Waals surface area (Å²) in [5, 5.41) is 14.5. The average molecular weight is 383 g/mol. The standard InChI is InChI=1S/C21H25N3O4/c1-15-21(27-13-17-10-6-3-7-11-17)19(23-24-22)20(25)18(28-15)14-26-12-16-8-4-2-5-9-16/h2-11,15,18-21,25H,12-14H2,1H3. The first-order chi connectivity index (χ1) is 13.7. The molecule has 0 aliphatic carbocycles. The highest BCUT2D eigenvalue weighted by Gasteiger charge is 2.43. The van der Waals surface area contributed by atoms with Gasteiger partial charge in [0.15, 0.2) is 0 Å². The van der Waals surface area contributed by atoms with E-state index in [1.165, 1.54) is 0 Å². The zero-order chi connectivity index (χ0) is 19.8. The summed E-state index contributed by atoms with van der Waals surface area (Å²) in [5.41, 5.74) is 11.0. The molecule has 2 aromatic rings. The van der Waals surface area contributed by atoms with Crippen LogP contribution in [0.15, 0.2) is 65.8 Å². The number of hydrogen-bond acceptors (Lipinski definition) is 5. The Kier molecular flexibility index (Phi) is 7.42. The average Bonchev–Trinajstić information content (AvgIpc) is 2.72. The molecule has 0 spiro atoms. The Bertz CT molecular complexity index is 768. The summed E-state index contributed by atoms with van der Waals surface area (Å²) >= 11 is 0. The summed E-state index contributed by atoms with van der Waals surface area (Å²) in [6, 6.07) is 18.7. The molecule has 1 aliphatic rings. The summed E-state index contributed by atoms with van der Waals surface area (Å²) in [5.74, 6) is 0. The van der Waals surface area contributed by atoms with Crippen molar-refractivity contribution in [1.82, 2.24) is 0 Å². The van der Waals surface area contributed by atoms with Gasteiger partial charge in [-0.2, -0.15) is 0 Å². The normalized spacial score (nSPS) is 27.1. The fourth-order valence-electron chi connectivity index (χ4n) is 3.33. The minimum atomic E-state index is -1.01. The van der Waals surface area contributed by atoms with Gasteiger partial charge in [0.1, 0.15) is 6.10 Å². The predicted octanol–water partition coefficient (Wildman–Crippen LogP) is 3.62. The minimum Gasteiger partial charge on any atom is -0.390 e. The van der Waals surface area contributed by atoms with Crippen LogP contribution in [0.25, 0.3) is 10.4 Å². The second kappa shape index (κ2) is 10.2. The van der Waals surface area contributed by atoms with Gasteiger partial charge in [-0.15, -0.1) is 0 Å². The zero-order valence-corrected chi connectivity index (χ0v) is 15.8. The van der Waals surface area contributed by atoms with Crippen LogP contribution in [0.5, 0.6) is 0 Å². The van der Waals surface area contributed by atoms with E-state index >= 15 is 0 Å². The van der Waals surface area contributed by atoms with Crippen LogP contribution in [0.2, 0.25) is 0 Å². The number of azide groups is 1. The highest BCUT2D eigenvalue weighted by atomic mass is 16.6. The Morgan fingerprint density at radius 1 is 1.04 bits per heavy atom. The van der Waals surface area contributed by atoms with Gasteiger partial charge in [-0.25, -0.2) is 0 Å². The van der Waals surface area contributed by atoms with E-state index in [-0.39, 0.29) is 12.7 Å². The Hall–Kier alpha value is -2.41. The van der Waals surface area contributed by atoms with Crippen molar-refractivity contribution in [2.75, 3.05) is 6.61 Å². The second-order valence-corrected chi connectivity index (χ2v) is 6.83. The molecule has 0 aromatic heterocycles. The molecule has 0 radical (unpaired) electrons. The molecular formula is C21H25N3O4. The van der Waals surface area contributed by atoms with Crippen LogP contribution >= 0.6 is 0 Å². The lowest BCUT2D eigenvalue weighted by molar-refractivity contribution is -0.204. The van der Waals surface area contributed by atoms with Crippen LogP contribution in [0.4, 0.5) is 0 Å². The highest BCUT2D eigenvalue weighted by molar-refractivity contribution is 5.14. The molecular weight excluding hydrogens is 358 g/mol. The van der Waals surface area contributed by atoms with Gasteiger partial charge >= 0.3 is 0 Å². The fourth-order valence-corrected chi connectivity index (χ4v) is 3.33. The van der Waals surface area contributed by atoms with Crippen molar-refractivity contribution in [3.63, 3.8) is 0 Å². The quantitative estimate of drug-likeness (QED) is 0.428. The first kappa shape index (κ1) is 20.3. The summed E-state index contributed by atoms with van der Waals surface area (Å²) in [6.07, 6.45) is -2.50. The molecule has 1 heterocycles. The van der Waals surface area contributed by atoms with Gasteiger partial charge in [0, 0.05) is 4.91 Å². The number of nitrogens with zero attached hydrogens (tertiary/aromatic N) is 3. The third-order valence-electron chi connectivity index (χ3n) is 4.78. The number of benzene rings is 2. The lowest BCUT2D eigenvalue weighted by Crippen LogP contribution is -2.57. The second-order valence-electron chi connectivity index (χ2n) is 6.83. The third kappa shape index (κ3) is 5.32. The molecule has 3 rings (SSSR count). The summed E-state index contributed by atoms with van der Waals surface area (Å²) in [6.45, 7) is 2.81. The minimum absolute atomic E-state index is 0.198. The molecule has 7 nitrogen and oxygen atoms in total. The largest absolute Gasteiger partial charge is 0.390 e. The molecule has 5 unspecified atom stereocenters. The lowest BCUT2D eigenvalue weighted by atomic mass is 9.93. The predicted molar refractivity (Wildman–Crippen MR) is 104 cm³/mol. The Labute approximate surface area is 164 Å². The number of aliphatic hydroxyl groups is 1. The first-order valence-corrected chi connectivity index (χ1v) is 9.34. The molecule has 1 saturated heterocycles. The molecule has 1 fully saturated rings. The van der Waals surface area contributed by atoms with Gasteiger partial charge in [0.05, 0.1) is 44.2 Å². The van der Waals surface area contributed by atoms with E-state index in [1.54, 1.807) is 0 Å². The van der Waals surface area contributed by atoms with E-state index in [9.17, 15) is 5.11 Å². The number of hydrogen-bond donors (Lipinski definition) is 1. The third-order valence-corrected chi connectivity index (χ3v) is 4.78. The Balaban J connectivity index is 1.59. The summed E-state index contributed by atoms with van der Waals surface area (Å²) < 4.78 is 17.6. The lowest BCUT2D eigenvalue weighted by Gasteiger charge is -2.42. The van der Waals surface area contributed by atoms with Crippen LogP contribution < -0.4 is 0 Å². The number of aliphatic hydroxyl groups excluding tert-OH is 1. The smallest absolute Gasteiger partial charge is 0.108 e. The van der Waals surface area contributed by atoms with Crippen molar-refractivity contribution >= 4 is 0 Å². The van der Waals surface area contributed by atoms with Crippen molar-refractivity contribution in [2.45, 2.75) is 50.6 Å². The van der Waals surface area contributed by atoms with Gasteiger partial charge in [-0.05, 0) is 23.6 Å². The van der Waals surface area contributed by atoms with E-state index in [1.807, 2.05) is 67.6 Å². The molecule has 2 aromatic carbocycles. The maximum Gasteiger partial charge on any atom is 0.108 e. The molecule has 0 saturated carbocycles. The van der Waals surface area contributed by atoms with Gasteiger partial charge in [-0.1, -0.05) is 65.8 Å². The van der Waals surface area contributed by atoms with Crippen LogP contribution in [0, 0.1) is 0 Å². The molecule has 0 bridgehead atoms. The topological polar surface area (TPSA) is 96.7 Å². The zero-order valence-electron chi connectivity index (χ0n) is 15.8. The molecule has 1 aliphatic heterocycles. The number of ether oxygens (including phenoxy) is 3. The molecule has 28 heavy (non-hydrogen) atoms. The Morgan fingerprint density at radius 2 is 1.64 bits per heavy atom. The molecule has 148 valence electrons. The van der Waals surface area contributed by atoms with Gasteiger partial charge in [-0.3, -0.25) is 0 Å². The summed E-state index contributed by atoms with van der Waals surface area (Å²) in [7, 11) is 0. The maximum absolute atomic E-state index is 10.7. The molecule has 1 N–H and O–H groups in total. The van der Waals surface area contributed by atoms with E-state index in [2.05, 4.69) is 10.0 Å². The van der Waals surface area contributed by atoms with Crippen molar-refractivity contribution < 1.29 is 19.3 Å². The number of rotatable bonds is 8. The fraction of sp³-hybridized carbons (Fsp3) is 0.429. The van der Waals surface area contributed by atoms with Gasteiger partial charge in [0.25, 0.3) is 0 Å². The van der Waals surface area contributed by atoms with Crippen molar-refractivity contribution in [3.05, 3.63) is 82.2 Å². The highest BCUT2D eigenvalue weighted by Crippen LogP contribution is 2.27. The van der Waals surface area contributed by atoms with E-state index in [0.29, 0.717) is 13.2 Å². The van der Waals surface area contributed by atoms with Crippen LogP contribution in [-0.4, -0.2) is 42.2 Å². The van der Waals surface area contributed by atoms with Crippen molar-refractivity contribution in [1.29, 1.82) is 0 Å². The molecule has 0 amide bonds. The van der Waals surface area contributed by atoms with Crippen LogP contribution in [0.1, 0.15) is 18.1 Å². The summed E-state index contributed by atoms with van der Waals surface area (Å²) in [4.78, 5) is 2.90. The molecule has 7 heteroatoms. The monoisotopic (exact) mass is 383 g/mol. The van der Waals surface area contributed by atoms with Crippen molar-refractivity contribution in [2.24, 2.45) is 5.11 Å². The van der Waals surface area contributed by atoms with Gasteiger partial charge in [0.2, 0.25) is 0 Å². The Morgan fingerprint density at radius 3 is 2.25 bits per heavy atom. The van der Waals surface area contributed by atoms with E-state index in [0.717, 1.165) is 11.1 Å². The van der Waals surface area contributed by atoms with E-state index in [4.69, 9.17) is 19.7 Å².